The number of nitrogens with zero attached hydrogens (tertiary/aromatic N) is 3. The second kappa shape index (κ2) is 9.12. The Morgan fingerprint density at radius 2 is 1.50 bits per heavy atom. The van der Waals surface area contributed by atoms with Gasteiger partial charge in [0.05, 0.1) is 28.9 Å². The zero-order valence-corrected chi connectivity index (χ0v) is 18.2. The van der Waals surface area contributed by atoms with Gasteiger partial charge in [-0.1, -0.05) is 84.1 Å². The first kappa shape index (κ1) is 20.1. The number of hydrogen-bond acceptors (Lipinski definition) is 4. The maximum absolute atomic E-state index is 13.4. The van der Waals surface area contributed by atoms with Gasteiger partial charge in [-0.25, -0.2) is 4.98 Å². The van der Waals surface area contributed by atoms with Crippen LogP contribution in [0.1, 0.15) is 11.3 Å². The molecule has 32 heavy (non-hydrogen) atoms. The standard InChI is InChI=1S/C27H21N3OS/c31-26(18-20-13-15-22(16-14-20)21-8-2-1-3-9-21)30(19-23-10-6-7-17-28-23)27-29-24-11-4-5-12-25(24)32-27/h1-17H,18-19H2. The van der Waals surface area contributed by atoms with Crippen LogP contribution < -0.4 is 4.90 Å². The minimum atomic E-state index is 0.00201. The average molecular weight is 436 g/mol. The van der Waals surface area contributed by atoms with Crippen LogP contribution in [0, 0.1) is 0 Å². The van der Waals surface area contributed by atoms with Gasteiger partial charge in [-0.2, -0.15) is 0 Å². The van der Waals surface area contributed by atoms with Gasteiger partial charge in [0.2, 0.25) is 5.91 Å². The average Bonchev–Trinajstić information content (AvgIpc) is 3.28. The molecule has 0 spiro atoms. The molecule has 0 aliphatic carbocycles. The minimum Gasteiger partial charge on any atom is -0.282 e. The molecule has 0 atom stereocenters. The fourth-order valence-electron chi connectivity index (χ4n) is 3.61. The van der Waals surface area contributed by atoms with Gasteiger partial charge in [0.15, 0.2) is 5.13 Å². The SMILES string of the molecule is O=C(Cc1ccc(-c2ccccc2)cc1)N(Cc1ccccn1)c1nc2ccccc2s1. The van der Waals surface area contributed by atoms with E-state index >= 15 is 0 Å². The van der Waals surface area contributed by atoms with Crippen LogP contribution in [-0.2, 0) is 17.8 Å². The Balaban J connectivity index is 1.41. The lowest BCUT2D eigenvalue weighted by Gasteiger charge is -2.19. The van der Waals surface area contributed by atoms with Gasteiger partial charge in [-0.3, -0.25) is 14.7 Å². The Bertz CT molecular complexity index is 1300. The zero-order chi connectivity index (χ0) is 21.8. The van der Waals surface area contributed by atoms with E-state index in [2.05, 4.69) is 29.2 Å². The monoisotopic (exact) mass is 435 g/mol. The number of rotatable bonds is 6. The van der Waals surface area contributed by atoms with Crippen molar-refractivity contribution in [3.05, 3.63) is 115 Å². The summed E-state index contributed by atoms with van der Waals surface area (Å²) in [4.78, 5) is 24.3. The number of fused-ring (bicyclic) bond motifs is 1. The summed E-state index contributed by atoms with van der Waals surface area (Å²) >= 11 is 1.53. The van der Waals surface area contributed by atoms with E-state index in [9.17, 15) is 4.79 Å². The number of carbonyl (C=O) groups excluding carboxylic acids is 1. The Hall–Kier alpha value is -3.83. The summed E-state index contributed by atoms with van der Waals surface area (Å²) in [6.07, 6.45) is 2.05. The van der Waals surface area contributed by atoms with E-state index in [-0.39, 0.29) is 5.91 Å². The molecule has 0 saturated heterocycles. The molecule has 5 heteroatoms. The molecule has 156 valence electrons. The van der Waals surface area contributed by atoms with Crippen LogP contribution in [-0.4, -0.2) is 15.9 Å². The quantitative estimate of drug-likeness (QED) is 0.322. The van der Waals surface area contributed by atoms with E-state index < -0.39 is 0 Å². The van der Waals surface area contributed by atoms with Crippen molar-refractivity contribution in [1.29, 1.82) is 0 Å². The predicted octanol–water partition coefficient (Wildman–Crippen LogP) is 6.13. The van der Waals surface area contributed by atoms with E-state index in [1.165, 1.54) is 11.3 Å². The molecule has 5 aromatic rings. The van der Waals surface area contributed by atoms with Crippen molar-refractivity contribution in [2.45, 2.75) is 13.0 Å². The van der Waals surface area contributed by atoms with Crippen LogP contribution >= 0.6 is 11.3 Å². The lowest BCUT2D eigenvalue weighted by atomic mass is 10.0. The number of anilines is 1. The van der Waals surface area contributed by atoms with Crippen molar-refractivity contribution in [3.63, 3.8) is 0 Å². The number of para-hydroxylation sites is 1. The van der Waals surface area contributed by atoms with Gasteiger partial charge in [-0.15, -0.1) is 0 Å². The van der Waals surface area contributed by atoms with E-state index in [1.54, 1.807) is 11.1 Å². The topological polar surface area (TPSA) is 46.1 Å². The number of aromatic nitrogens is 2. The van der Waals surface area contributed by atoms with Crippen molar-refractivity contribution in [2.75, 3.05) is 4.90 Å². The van der Waals surface area contributed by atoms with Gasteiger partial charge in [-0.05, 0) is 41.0 Å². The first-order valence-corrected chi connectivity index (χ1v) is 11.3. The molecule has 0 aliphatic rings. The predicted molar refractivity (Wildman–Crippen MR) is 131 cm³/mol. The number of amides is 1. The Morgan fingerprint density at radius 1 is 0.781 bits per heavy atom. The van der Waals surface area contributed by atoms with Crippen LogP contribution in [0.25, 0.3) is 21.3 Å². The first-order valence-electron chi connectivity index (χ1n) is 10.5. The molecule has 2 aromatic heterocycles. The fraction of sp³-hybridized carbons (Fsp3) is 0.0741. The van der Waals surface area contributed by atoms with Gasteiger partial charge in [0.1, 0.15) is 0 Å². The smallest absolute Gasteiger partial charge is 0.233 e. The zero-order valence-electron chi connectivity index (χ0n) is 17.4. The summed E-state index contributed by atoms with van der Waals surface area (Å²) < 4.78 is 1.06. The van der Waals surface area contributed by atoms with Crippen LogP contribution in [0.4, 0.5) is 5.13 Å². The summed E-state index contributed by atoms with van der Waals surface area (Å²) in [6, 6.07) is 32.1. The highest BCUT2D eigenvalue weighted by Gasteiger charge is 2.21. The van der Waals surface area contributed by atoms with Crippen LogP contribution in [0.2, 0.25) is 0 Å². The van der Waals surface area contributed by atoms with Crippen molar-refractivity contribution in [3.8, 4) is 11.1 Å². The molecule has 0 fully saturated rings. The molecule has 1 amide bonds. The molecule has 0 saturated carbocycles. The second-order valence-corrected chi connectivity index (χ2v) is 8.51. The largest absolute Gasteiger partial charge is 0.282 e. The van der Waals surface area contributed by atoms with E-state index in [0.29, 0.717) is 18.1 Å². The third-order valence-electron chi connectivity index (χ3n) is 5.28. The molecule has 2 heterocycles. The maximum atomic E-state index is 13.4. The molecule has 0 radical (unpaired) electrons. The molecule has 5 rings (SSSR count). The van der Waals surface area contributed by atoms with Crippen molar-refractivity contribution in [2.24, 2.45) is 0 Å². The van der Waals surface area contributed by atoms with Gasteiger partial charge in [0, 0.05) is 6.20 Å². The molecule has 0 aliphatic heterocycles. The minimum absolute atomic E-state index is 0.00201. The summed E-state index contributed by atoms with van der Waals surface area (Å²) in [5.74, 6) is 0.00201. The maximum Gasteiger partial charge on any atom is 0.233 e. The summed E-state index contributed by atoms with van der Waals surface area (Å²) in [7, 11) is 0. The summed E-state index contributed by atoms with van der Waals surface area (Å²) in [5, 5.41) is 0.697. The highest BCUT2D eigenvalue weighted by Crippen LogP contribution is 2.30. The molecular weight excluding hydrogens is 414 g/mol. The van der Waals surface area contributed by atoms with Gasteiger partial charge < -0.3 is 0 Å². The third kappa shape index (κ3) is 4.43. The third-order valence-corrected chi connectivity index (χ3v) is 6.34. The number of pyridine rings is 1. The number of benzene rings is 3. The Labute approximate surface area is 190 Å². The van der Waals surface area contributed by atoms with Gasteiger partial charge in [0.25, 0.3) is 0 Å². The second-order valence-electron chi connectivity index (χ2n) is 7.50. The van der Waals surface area contributed by atoms with E-state index in [4.69, 9.17) is 4.98 Å². The molecule has 3 aromatic carbocycles. The van der Waals surface area contributed by atoms with Crippen LogP contribution in [0.3, 0.4) is 0 Å². The van der Waals surface area contributed by atoms with Crippen molar-refractivity contribution < 1.29 is 4.79 Å². The first-order chi connectivity index (χ1) is 15.8. The highest BCUT2D eigenvalue weighted by atomic mass is 32.1. The van der Waals surface area contributed by atoms with Crippen LogP contribution in [0.15, 0.2) is 103 Å². The van der Waals surface area contributed by atoms with Crippen LogP contribution in [0.5, 0.6) is 0 Å². The number of thiazole rings is 1. The van der Waals surface area contributed by atoms with Gasteiger partial charge >= 0.3 is 0 Å². The normalized spacial score (nSPS) is 10.9. The van der Waals surface area contributed by atoms with E-state index in [0.717, 1.165) is 32.6 Å². The fourth-order valence-corrected chi connectivity index (χ4v) is 4.59. The molecule has 0 N–H and O–H groups in total. The molecular formula is C27H21N3OS. The number of carbonyl (C=O) groups is 1. The summed E-state index contributed by atoms with van der Waals surface area (Å²) in [6.45, 7) is 0.390. The highest BCUT2D eigenvalue weighted by molar-refractivity contribution is 7.22. The van der Waals surface area contributed by atoms with E-state index in [1.807, 2.05) is 72.8 Å². The lowest BCUT2D eigenvalue weighted by molar-refractivity contribution is -0.118. The molecule has 0 unspecified atom stereocenters. The Kier molecular flexibility index (Phi) is 5.73. The Morgan fingerprint density at radius 3 is 2.25 bits per heavy atom. The molecule has 4 nitrogen and oxygen atoms in total. The van der Waals surface area contributed by atoms with Crippen molar-refractivity contribution >= 4 is 32.6 Å². The van der Waals surface area contributed by atoms with Crippen molar-refractivity contribution in [1.82, 2.24) is 9.97 Å². The number of hydrogen-bond donors (Lipinski definition) is 0. The molecule has 0 bridgehead atoms. The summed E-state index contributed by atoms with van der Waals surface area (Å²) in [5.41, 5.74) is 5.01. The lowest BCUT2D eigenvalue weighted by Crippen LogP contribution is -2.32.